The molecule has 0 bridgehead atoms. The highest BCUT2D eigenvalue weighted by molar-refractivity contribution is 7.90. The molecule has 1 aliphatic heterocycles. The summed E-state index contributed by atoms with van der Waals surface area (Å²) in [6.07, 6.45) is 5.45. The van der Waals surface area contributed by atoms with Gasteiger partial charge in [0.25, 0.3) is 5.91 Å². The molecule has 6 nitrogen and oxygen atoms in total. The third-order valence-electron chi connectivity index (χ3n) is 4.63. The van der Waals surface area contributed by atoms with Crippen molar-refractivity contribution in [2.24, 2.45) is 0 Å². The van der Waals surface area contributed by atoms with E-state index in [0.717, 1.165) is 12.0 Å². The summed E-state index contributed by atoms with van der Waals surface area (Å²) < 4.78 is 26.0. The number of carbonyl (C=O) groups is 2. The minimum absolute atomic E-state index is 0.0842. The summed E-state index contributed by atoms with van der Waals surface area (Å²) in [5.74, 6) is -0.897. The SMILES string of the molecule is CCCCS(=O)(=O)NC(=O)C1(C)CCN1C(=O)C/C=C/c1ccccc1. The van der Waals surface area contributed by atoms with E-state index in [0.29, 0.717) is 19.4 Å². The van der Waals surface area contributed by atoms with Gasteiger partial charge < -0.3 is 4.90 Å². The Morgan fingerprint density at radius 2 is 1.96 bits per heavy atom. The maximum absolute atomic E-state index is 12.4. The largest absolute Gasteiger partial charge is 0.328 e. The van der Waals surface area contributed by atoms with Gasteiger partial charge in [-0.2, -0.15) is 0 Å². The fourth-order valence-electron chi connectivity index (χ4n) is 2.80. The Morgan fingerprint density at radius 3 is 2.54 bits per heavy atom. The molecule has 1 heterocycles. The summed E-state index contributed by atoms with van der Waals surface area (Å²) in [5.41, 5.74) is -0.108. The first-order valence-corrected chi connectivity index (χ1v) is 10.5. The first-order chi connectivity index (χ1) is 12.3. The molecule has 1 fully saturated rings. The van der Waals surface area contributed by atoms with Crippen molar-refractivity contribution in [2.45, 2.75) is 45.1 Å². The fourth-order valence-corrected chi connectivity index (χ4v) is 4.07. The Balaban J connectivity index is 1.94. The lowest BCUT2D eigenvalue weighted by Crippen LogP contribution is -2.67. The van der Waals surface area contributed by atoms with Gasteiger partial charge in [0, 0.05) is 13.0 Å². The fraction of sp³-hybridized carbons (Fsp3) is 0.474. The molecule has 142 valence electrons. The number of nitrogens with one attached hydrogen (secondary N) is 1. The van der Waals surface area contributed by atoms with Crippen molar-refractivity contribution in [3.05, 3.63) is 42.0 Å². The normalized spacial score (nSPS) is 20.0. The molecule has 2 rings (SSSR count). The van der Waals surface area contributed by atoms with E-state index in [1.807, 2.05) is 43.3 Å². The van der Waals surface area contributed by atoms with Crippen molar-refractivity contribution in [3.63, 3.8) is 0 Å². The molecule has 1 unspecified atom stereocenters. The van der Waals surface area contributed by atoms with Crippen LogP contribution >= 0.6 is 0 Å². The minimum atomic E-state index is -3.66. The molecule has 0 aromatic heterocycles. The molecular weight excluding hydrogens is 352 g/mol. The lowest BCUT2D eigenvalue weighted by atomic mass is 9.85. The third kappa shape index (κ3) is 4.94. The highest BCUT2D eigenvalue weighted by atomic mass is 32.2. The predicted molar refractivity (Wildman–Crippen MR) is 102 cm³/mol. The maximum atomic E-state index is 12.4. The van der Waals surface area contributed by atoms with Crippen molar-refractivity contribution in [3.8, 4) is 0 Å². The number of sulfonamides is 1. The molecule has 7 heteroatoms. The summed E-state index contributed by atoms with van der Waals surface area (Å²) in [6, 6.07) is 9.61. The molecule has 1 aromatic rings. The molecule has 0 spiro atoms. The molecule has 2 amide bonds. The van der Waals surface area contributed by atoms with Crippen LogP contribution in [0.15, 0.2) is 36.4 Å². The standard InChI is InChI=1S/C19H26N2O4S/c1-3-4-15-26(24,25)20-18(23)19(2)13-14-21(19)17(22)12-8-11-16-9-6-5-7-10-16/h5-11H,3-4,12-15H2,1-2H3,(H,20,23)/b11-8+. The lowest BCUT2D eigenvalue weighted by molar-refractivity contribution is -0.155. The van der Waals surface area contributed by atoms with Crippen molar-refractivity contribution in [2.75, 3.05) is 12.3 Å². The predicted octanol–water partition coefficient (Wildman–Crippen LogP) is 2.33. The molecule has 1 aliphatic rings. The number of benzene rings is 1. The van der Waals surface area contributed by atoms with Gasteiger partial charge in [-0.15, -0.1) is 0 Å². The number of likely N-dealkylation sites (tertiary alicyclic amines) is 1. The first kappa shape index (κ1) is 20.2. The van der Waals surface area contributed by atoms with Crippen LogP contribution in [0.2, 0.25) is 0 Å². The van der Waals surface area contributed by atoms with E-state index in [4.69, 9.17) is 0 Å². The second-order valence-corrected chi connectivity index (χ2v) is 8.53. The van der Waals surface area contributed by atoms with Crippen LogP contribution in [0, 0.1) is 0 Å². The van der Waals surface area contributed by atoms with E-state index in [9.17, 15) is 18.0 Å². The van der Waals surface area contributed by atoms with E-state index < -0.39 is 21.5 Å². The number of hydrogen-bond donors (Lipinski definition) is 1. The van der Waals surface area contributed by atoms with Crippen LogP contribution in [0.3, 0.4) is 0 Å². The van der Waals surface area contributed by atoms with Gasteiger partial charge in [0.2, 0.25) is 15.9 Å². The zero-order chi connectivity index (χ0) is 19.2. The van der Waals surface area contributed by atoms with Crippen LogP contribution in [0.4, 0.5) is 0 Å². The Labute approximate surface area is 155 Å². The lowest BCUT2D eigenvalue weighted by Gasteiger charge is -2.48. The molecule has 1 N–H and O–H groups in total. The van der Waals surface area contributed by atoms with Gasteiger partial charge in [0.15, 0.2) is 0 Å². The zero-order valence-corrected chi connectivity index (χ0v) is 16.1. The molecular formula is C19H26N2O4S. The molecule has 0 radical (unpaired) electrons. The highest BCUT2D eigenvalue weighted by Gasteiger charge is 2.49. The Kier molecular flexibility index (Phi) is 6.58. The summed E-state index contributed by atoms with van der Waals surface area (Å²) in [6.45, 7) is 3.95. The number of amides is 2. The van der Waals surface area contributed by atoms with Crippen molar-refractivity contribution in [1.29, 1.82) is 0 Å². The average Bonchev–Trinajstić information content (AvgIpc) is 2.59. The molecule has 0 aliphatic carbocycles. The van der Waals surface area contributed by atoms with Gasteiger partial charge in [-0.1, -0.05) is 55.8 Å². The van der Waals surface area contributed by atoms with Crippen molar-refractivity contribution >= 4 is 27.9 Å². The summed E-state index contributed by atoms with van der Waals surface area (Å²) in [4.78, 5) is 26.3. The van der Waals surface area contributed by atoms with Gasteiger partial charge >= 0.3 is 0 Å². The van der Waals surface area contributed by atoms with Crippen LogP contribution < -0.4 is 4.72 Å². The second kappa shape index (κ2) is 8.49. The van der Waals surface area contributed by atoms with Crippen molar-refractivity contribution in [1.82, 2.24) is 9.62 Å². The highest BCUT2D eigenvalue weighted by Crippen LogP contribution is 2.31. The van der Waals surface area contributed by atoms with Gasteiger partial charge in [0.1, 0.15) is 5.54 Å². The molecule has 1 aromatic carbocycles. The van der Waals surface area contributed by atoms with E-state index in [1.54, 1.807) is 13.0 Å². The van der Waals surface area contributed by atoms with Crippen LogP contribution in [0.1, 0.15) is 45.1 Å². The maximum Gasteiger partial charge on any atom is 0.259 e. The first-order valence-electron chi connectivity index (χ1n) is 8.85. The number of nitrogens with zero attached hydrogens (tertiary/aromatic N) is 1. The number of rotatable bonds is 8. The third-order valence-corrected chi connectivity index (χ3v) is 5.95. The van der Waals surface area contributed by atoms with Gasteiger partial charge in [-0.3, -0.25) is 14.3 Å². The number of carbonyl (C=O) groups excluding carboxylic acids is 2. The number of unbranched alkanes of at least 4 members (excludes halogenated alkanes) is 1. The van der Waals surface area contributed by atoms with Gasteiger partial charge in [-0.25, -0.2) is 8.42 Å². The quantitative estimate of drug-likeness (QED) is 0.752. The molecule has 1 atom stereocenters. The Bertz CT molecular complexity index is 774. The minimum Gasteiger partial charge on any atom is -0.328 e. The van der Waals surface area contributed by atoms with Crippen LogP contribution in [-0.4, -0.2) is 43.0 Å². The van der Waals surface area contributed by atoms with Gasteiger partial charge in [-0.05, 0) is 25.3 Å². The zero-order valence-electron chi connectivity index (χ0n) is 15.3. The van der Waals surface area contributed by atoms with Gasteiger partial charge in [0.05, 0.1) is 5.75 Å². The van der Waals surface area contributed by atoms with E-state index in [-0.39, 0.29) is 18.1 Å². The summed E-state index contributed by atoms with van der Waals surface area (Å²) >= 11 is 0. The van der Waals surface area contributed by atoms with E-state index in [1.165, 1.54) is 4.90 Å². The monoisotopic (exact) mass is 378 g/mol. The average molecular weight is 378 g/mol. The van der Waals surface area contributed by atoms with E-state index >= 15 is 0 Å². The summed E-state index contributed by atoms with van der Waals surface area (Å²) in [7, 11) is -3.66. The van der Waals surface area contributed by atoms with Crippen molar-refractivity contribution < 1.29 is 18.0 Å². The van der Waals surface area contributed by atoms with Crippen LogP contribution in [0.5, 0.6) is 0 Å². The second-order valence-electron chi connectivity index (χ2n) is 6.69. The summed E-state index contributed by atoms with van der Waals surface area (Å²) in [5, 5.41) is 0. The molecule has 26 heavy (non-hydrogen) atoms. The molecule has 1 saturated heterocycles. The van der Waals surface area contributed by atoms with Crippen LogP contribution in [-0.2, 0) is 19.6 Å². The Morgan fingerprint density at radius 1 is 1.27 bits per heavy atom. The topological polar surface area (TPSA) is 83.6 Å². The Hall–Kier alpha value is -2.15. The smallest absolute Gasteiger partial charge is 0.259 e. The van der Waals surface area contributed by atoms with E-state index in [2.05, 4.69) is 4.72 Å². The number of hydrogen-bond acceptors (Lipinski definition) is 4. The molecule has 0 saturated carbocycles. The van der Waals surface area contributed by atoms with Crippen LogP contribution in [0.25, 0.3) is 6.08 Å².